The van der Waals surface area contributed by atoms with Crippen LogP contribution in [-0.2, 0) is 11.8 Å². The second kappa shape index (κ2) is 9.47. The minimum Gasteiger partial charge on any atom is -0.0609 e. The van der Waals surface area contributed by atoms with Crippen molar-refractivity contribution in [2.45, 2.75) is 64.7 Å². The summed E-state index contributed by atoms with van der Waals surface area (Å²) in [7, 11) is 0. The number of hydrogen-bond acceptors (Lipinski definition) is 0. The summed E-state index contributed by atoms with van der Waals surface area (Å²) in [6.45, 7) is 11.5. The summed E-state index contributed by atoms with van der Waals surface area (Å²) in [5.41, 5.74) is 7.05. The highest BCUT2D eigenvalue weighted by Gasteiger charge is 2.23. The molecule has 0 spiro atoms. The van der Waals surface area contributed by atoms with Gasteiger partial charge in [0.25, 0.3) is 0 Å². The molecule has 3 rings (SSSR count). The molecule has 0 fully saturated rings. The summed E-state index contributed by atoms with van der Waals surface area (Å²) in [4.78, 5) is 0. The van der Waals surface area contributed by atoms with E-state index in [-0.39, 0.29) is 5.41 Å². The van der Waals surface area contributed by atoms with Gasteiger partial charge in [-0.15, -0.1) is 0 Å². The van der Waals surface area contributed by atoms with Crippen LogP contribution in [0, 0.1) is 3.57 Å². The molecule has 0 saturated heterocycles. The zero-order valence-corrected chi connectivity index (χ0v) is 20.5. The van der Waals surface area contributed by atoms with E-state index in [9.17, 15) is 0 Å². The third-order valence-corrected chi connectivity index (χ3v) is 6.93. The smallest absolute Gasteiger partial charge is 0.0146 e. The Balaban J connectivity index is 1.67. The van der Waals surface area contributed by atoms with E-state index in [1.54, 1.807) is 0 Å². The van der Waals surface area contributed by atoms with Crippen molar-refractivity contribution in [3.05, 3.63) is 104 Å². The van der Waals surface area contributed by atoms with Crippen molar-refractivity contribution in [1.82, 2.24) is 0 Å². The summed E-state index contributed by atoms with van der Waals surface area (Å²) in [5, 5.41) is 0. The summed E-state index contributed by atoms with van der Waals surface area (Å²) in [6, 6.07) is 27.3. The molecule has 0 nitrogen and oxygen atoms in total. The molecule has 3 aromatic rings. The van der Waals surface area contributed by atoms with Crippen molar-refractivity contribution < 1.29 is 0 Å². The molecule has 0 radical (unpaired) electrons. The normalized spacial score (nSPS) is 12.9. The van der Waals surface area contributed by atoms with Gasteiger partial charge in [0.15, 0.2) is 0 Å². The number of hydrogen-bond donors (Lipinski definition) is 0. The van der Waals surface area contributed by atoms with Crippen LogP contribution in [0.5, 0.6) is 0 Å². The van der Waals surface area contributed by atoms with E-state index in [0.29, 0.717) is 11.8 Å². The standard InChI is InChI=1S/C28H33I/c1-20(2)23-13-17-26(18-14-23)28(4,5)25-15-11-22(12-16-25)10-9-21(3)24-7-6-8-27(29)19-24/h6-8,11-21H,9-10H2,1-5H3. The monoisotopic (exact) mass is 496 g/mol. The maximum Gasteiger partial charge on any atom is 0.0146 e. The van der Waals surface area contributed by atoms with Gasteiger partial charge in [0.05, 0.1) is 0 Å². The van der Waals surface area contributed by atoms with Crippen molar-refractivity contribution in [2.75, 3.05) is 0 Å². The fourth-order valence-corrected chi connectivity index (χ4v) is 4.47. The van der Waals surface area contributed by atoms with Gasteiger partial charge in [0.1, 0.15) is 0 Å². The van der Waals surface area contributed by atoms with Crippen molar-refractivity contribution in [1.29, 1.82) is 0 Å². The first-order valence-electron chi connectivity index (χ1n) is 10.7. The zero-order valence-electron chi connectivity index (χ0n) is 18.4. The molecular weight excluding hydrogens is 463 g/mol. The van der Waals surface area contributed by atoms with Crippen LogP contribution in [0.4, 0.5) is 0 Å². The Kier molecular flexibility index (Phi) is 7.21. The highest BCUT2D eigenvalue weighted by molar-refractivity contribution is 14.1. The SMILES string of the molecule is CC(C)c1ccc(C(C)(C)c2ccc(CCC(C)c3cccc(I)c3)cc2)cc1. The fourth-order valence-electron chi connectivity index (χ4n) is 3.90. The lowest BCUT2D eigenvalue weighted by atomic mass is 9.77. The lowest BCUT2D eigenvalue weighted by Gasteiger charge is -2.27. The van der Waals surface area contributed by atoms with E-state index in [1.807, 2.05) is 0 Å². The summed E-state index contributed by atoms with van der Waals surface area (Å²) < 4.78 is 1.32. The zero-order chi connectivity index (χ0) is 21.0. The van der Waals surface area contributed by atoms with Crippen molar-refractivity contribution in [3.63, 3.8) is 0 Å². The Morgan fingerprint density at radius 1 is 0.759 bits per heavy atom. The minimum atomic E-state index is 0.0159. The number of halogens is 1. The van der Waals surface area contributed by atoms with Crippen molar-refractivity contribution >= 4 is 22.6 Å². The Morgan fingerprint density at radius 3 is 1.90 bits per heavy atom. The van der Waals surface area contributed by atoms with Crippen LogP contribution in [0.2, 0.25) is 0 Å². The number of aryl methyl sites for hydroxylation is 1. The molecular formula is C28H33I. The molecule has 0 aliphatic carbocycles. The third-order valence-electron chi connectivity index (χ3n) is 6.26. The first-order valence-corrected chi connectivity index (χ1v) is 11.8. The van der Waals surface area contributed by atoms with Gasteiger partial charge >= 0.3 is 0 Å². The maximum absolute atomic E-state index is 2.40. The van der Waals surface area contributed by atoms with Gasteiger partial charge in [0.2, 0.25) is 0 Å². The van der Waals surface area contributed by atoms with Crippen LogP contribution in [0.3, 0.4) is 0 Å². The van der Waals surface area contributed by atoms with Gasteiger partial charge < -0.3 is 0 Å². The minimum absolute atomic E-state index is 0.0159. The summed E-state index contributed by atoms with van der Waals surface area (Å²) in [6.07, 6.45) is 2.30. The highest BCUT2D eigenvalue weighted by Crippen LogP contribution is 2.33. The molecule has 0 saturated carbocycles. The van der Waals surface area contributed by atoms with Gasteiger partial charge in [-0.25, -0.2) is 0 Å². The van der Waals surface area contributed by atoms with E-state index in [0.717, 1.165) is 6.42 Å². The highest BCUT2D eigenvalue weighted by atomic mass is 127. The number of rotatable bonds is 7. The van der Waals surface area contributed by atoms with Gasteiger partial charge in [-0.3, -0.25) is 0 Å². The molecule has 0 aliphatic heterocycles. The Morgan fingerprint density at radius 2 is 1.34 bits per heavy atom. The van der Waals surface area contributed by atoms with Crippen molar-refractivity contribution in [2.24, 2.45) is 0 Å². The molecule has 0 amide bonds. The predicted octanol–water partition coefficient (Wildman–Crippen LogP) is 8.48. The largest absolute Gasteiger partial charge is 0.0609 e. The molecule has 0 aliphatic rings. The van der Waals surface area contributed by atoms with E-state index in [1.165, 1.54) is 37.8 Å². The molecule has 0 N–H and O–H groups in total. The predicted molar refractivity (Wildman–Crippen MR) is 135 cm³/mol. The van der Waals surface area contributed by atoms with E-state index in [4.69, 9.17) is 0 Å². The van der Waals surface area contributed by atoms with Crippen LogP contribution in [-0.4, -0.2) is 0 Å². The molecule has 29 heavy (non-hydrogen) atoms. The molecule has 0 aromatic heterocycles. The summed E-state index contributed by atoms with van der Waals surface area (Å²) >= 11 is 2.40. The second-order valence-electron chi connectivity index (χ2n) is 9.09. The second-order valence-corrected chi connectivity index (χ2v) is 10.3. The first kappa shape index (κ1) is 22.1. The van der Waals surface area contributed by atoms with Crippen LogP contribution in [0.15, 0.2) is 72.8 Å². The first-order chi connectivity index (χ1) is 13.8. The Labute approximate surface area is 190 Å². The Bertz CT molecular complexity index is 917. The Hall–Kier alpha value is -1.61. The summed E-state index contributed by atoms with van der Waals surface area (Å²) in [5.74, 6) is 1.16. The quantitative estimate of drug-likeness (QED) is 0.288. The van der Waals surface area contributed by atoms with Gasteiger partial charge in [-0.1, -0.05) is 95.3 Å². The molecule has 1 unspecified atom stereocenters. The van der Waals surface area contributed by atoms with Gasteiger partial charge in [0, 0.05) is 8.99 Å². The van der Waals surface area contributed by atoms with Gasteiger partial charge in [-0.2, -0.15) is 0 Å². The van der Waals surface area contributed by atoms with Crippen LogP contribution in [0.1, 0.15) is 80.7 Å². The van der Waals surface area contributed by atoms with Crippen LogP contribution < -0.4 is 0 Å². The maximum atomic E-state index is 2.40. The van der Waals surface area contributed by atoms with Gasteiger partial charge in [-0.05, 0) is 87.2 Å². The van der Waals surface area contributed by atoms with E-state index >= 15 is 0 Å². The molecule has 1 atom stereocenters. The topological polar surface area (TPSA) is 0 Å². The van der Waals surface area contributed by atoms with E-state index < -0.39 is 0 Å². The third kappa shape index (κ3) is 5.51. The average Bonchev–Trinajstić information content (AvgIpc) is 2.72. The molecule has 3 aromatic carbocycles. The van der Waals surface area contributed by atoms with E-state index in [2.05, 4.69) is 130 Å². The lowest BCUT2D eigenvalue weighted by molar-refractivity contribution is 0.638. The molecule has 0 heterocycles. The lowest BCUT2D eigenvalue weighted by Crippen LogP contribution is -2.18. The number of benzene rings is 3. The molecule has 1 heteroatoms. The van der Waals surface area contributed by atoms with Crippen molar-refractivity contribution in [3.8, 4) is 0 Å². The van der Waals surface area contributed by atoms with Crippen LogP contribution in [0.25, 0.3) is 0 Å². The fraction of sp³-hybridized carbons (Fsp3) is 0.357. The molecule has 152 valence electrons. The van der Waals surface area contributed by atoms with Crippen LogP contribution >= 0.6 is 22.6 Å². The average molecular weight is 496 g/mol. The molecule has 0 bridgehead atoms.